The second kappa shape index (κ2) is 10.6. The van der Waals surface area contributed by atoms with Gasteiger partial charge in [-0.15, -0.1) is 0 Å². The van der Waals surface area contributed by atoms with E-state index in [2.05, 4.69) is 57.4 Å². The molecule has 188 valence electrons. The van der Waals surface area contributed by atoms with Crippen molar-refractivity contribution in [3.63, 3.8) is 0 Å². The monoisotopic (exact) mass is 518 g/mol. The van der Waals surface area contributed by atoms with Crippen LogP contribution in [0, 0.1) is 11.3 Å². The summed E-state index contributed by atoms with van der Waals surface area (Å²) in [5.74, 6) is 0.654. The van der Waals surface area contributed by atoms with Crippen molar-refractivity contribution in [2.45, 2.75) is 4.90 Å². The van der Waals surface area contributed by atoms with Gasteiger partial charge in [-0.05, 0) is 83.2 Å². The van der Waals surface area contributed by atoms with Crippen LogP contribution in [0.15, 0.2) is 96.0 Å². The van der Waals surface area contributed by atoms with Crippen molar-refractivity contribution in [1.29, 1.82) is 5.26 Å². The van der Waals surface area contributed by atoms with Crippen molar-refractivity contribution in [3.8, 4) is 34.2 Å². The van der Waals surface area contributed by atoms with E-state index in [1.165, 1.54) is 5.69 Å². The first kappa shape index (κ1) is 24.1. The molecular weight excluding hydrogens is 492 g/mol. The molecule has 38 heavy (non-hydrogen) atoms. The number of benzene rings is 3. The van der Waals surface area contributed by atoms with E-state index in [1.54, 1.807) is 25.1 Å². The number of methoxy groups -OCH3 is 1. The van der Waals surface area contributed by atoms with Crippen LogP contribution >= 0.6 is 11.9 Å². The van der Waals surface area contributed by atoms with E-state index in [0.717, 1.165) is 64.6 Å². The van der Waals surface area contributed by atoms with E-state index >= 15 is 0 Å². The van der Waals surface area contributed by atoms with Crippen molar-refractivity contribution in [2.75, 3.05) is 38.3 Å². The number of rotatable bonds is 6. The molecule has 1 aliphatic rings. The molecule has 6 rings (SSSR count). The Balaban J connectivity index is 1.50. The highest BCUT2D eigenvalue weighted by molar-refractivity contribution is 7.98. The molecule has 0 unspecified atom stereocenters. The summed E-state index contributed by atoms with van der Waals surface area (Å²) in [5.41, 5.74) is 6.72. The number of aromatic nitrogens is 2. The molecule has 1 aliphatic heterocycles. The molecule has 5 aromatic rings. The zero-order valence-corrected chi connectivity index (χ0v) is 21.8. The van der Waals surface area contributed by atoms with Crippen molar-refractivity contribution < 1.29 is 9.47 Å². The first-order valence-electron chi connectivity index (χ1n) is 12.5. The molecule has 0 saturated carbocycles. The fraction of sp³-hybridized carbons (Fsp3) is 0.161. The molecule has 7 heteroatoms. The molecule has 2 aromatic heterocycles. The van der Waals surface area contributed by atoms with Gasteiger partial charge in [0.25, 0.3) is 0 Å². The van der Waals surface area contributed by atoms with Gasteiger partial charge in [-0.25, -0.2) is 4.98 Å². The molecule has 1 fully saturated rings. The SMILES string of the molecule is COc1cc(C#N)cc(-c2ccnc3c2cc(-c2ccc(N4CCOCC4)cc2)n3Sc2ccccc2)c1. The molecule has 0 aliphatic carbocycles. The lowest BCUT2D eigenvalue weighted by molar-refractivity contribution is 0.122. The predicted octanol–water partition coefficient (Wildman–Crippen LogP) is 6.64. The summed E-state index contributed by atoms with van der Waals surface area (Å²) in [5, 5.41) is 10.6. The van der Waals surface area contributed by atoms with Crippen LogP contribution in [-0.2, 0) is 4.74 Å². The summed E-state index contributed by atoms with van der Waals surface area (Å²) in [6, 6.07) is 31.1. The van der Waals surface area contributed by atoms with Gasteiger partial charge in [-0.3, -0.25) is 3.97 Å². The molecule has 3 aromatic carbocycles. The Morgan fingerprint density at radius 2 is 1.71 bits per heavy atom. The van der Waals surface area contributed by atoms with Gasteiger partial charge in [0.15, 0.2) is 5.65 Å². The number of anilines is 1. The lowest BCUT2D eigenvalue weighted by Gasteiger charge is -2.28. The third kappa shape index (κ3) is 4.72. The van der Waals surface area contributed by atoms with Gasteiger partial charge < -0.3 is 14.4 Å². The summed E-state index contributed by atoms with van der Waals surface area (Å²) in [6.45, 7) is 3.33. The third-order valence-corrected chi connectivity index (χ3v) is 7.76. The third-order valence-electron chi connectivity index (χ3n) is 6.72. The lowest BCUT2D eigenvalue weighted by Crippen LogP contribution is -2.36. The zero-order chi connectivity index (χ0) is 25.9. The average molecular weight is 519 g/mol. The van der Waals surface area contributed by atoms with Crippen LogP contribution in [0.2, 0.25) is 0 Å². The number of nitrogens with zero attached hydrogens (tertiary/aromatic N) is 4. The summed E-state index contributed by atoms with van der Waals surface area (Å²) in [6.07, 6.45) is 1.83. The van der Waals surface area contributed by atoms with Crippen molar-refractivity contribution in [1.82, 2.24) is 8.96 Å². The summed E-state index contributed by atoms with van der Waals surface area (Å²) in [7, 11) is 1.62. The van der Waals surface area contributed by atoms with Crippen molar-refractivity contribution in [2.24, 2.45) is 0 Å². The minimum absolute atomic E-state index is 0.557. The number of nitriles is 1. The fourth-order valence-electron chi connectivity index (χ4n) is 4.81. The second-order valence-electron chi connectivity index (χ2n) is 9.03. The van der Waals surface area contributed by atoms with E-state index in [4.69, 9.17) is 14.5 Å². The summed E-state index contributed by atoms with van der Waals surface area (Å²) in [4.78, 5) is 8.29. The van der Waals surface area contributed by atoms with E-state index < -0.39 is 0 Å². The van der Waals surface area contributed by atoms with E-state index in [9.17, 15) is 5.26 Å². The van der Waals surface area contributed by atoms with E-state index in [-0.39, 0.29) is 0 Å². The molecule has 0 bridgehead atoms. The Hall–Kier alpha value is -4.25. The normalized spacial score (nSPS) is 13.4. The quantitative estimate of drug-likeness (QED) is 0.251. The minimum atomic E-state index is 0.557. The van der Waals surface area contributed by atoms with Gasteiger partial charge in [0.1, 0.15) is 5.75 Å². The van der Waals surface area contributed by atoms with Gasteiger partial charge >= 0.3 is 0 Å². The van der Waals surface area contributed by atoms with E-state index in [0.29, 0.717) is 11.3 Å². The lowest BCUT2D eigenvalue weighted by atomic mass is 10.0. The summed E-state index contributed by atoms with van der Waals surface area (Å²) < 4.78 is 13.2. The van der Waals surface area contributed by atoms with Crippen LogP contribution < -0.4 is 9.64 Å². The highest BCUT2D eigenvalue weighted by Crippen LogP contribution is 2.39. The van der Waals surface area contributed by atoms with Gasteiger partial charge in [0, 0.05) is 35.3 Å². The number of hydrogen-bond donors (Lipinski definition) is 0. The Labute approximate surface area is 226 Å². The van der Waals surface area contributed by atoms with Crippen LogP contribution in [0.5, 0.6) is 5.75 Å². The Morgan fingerprint density at radius 1 is 0.921 bits per heavy atom. The molecule has 6 nitrogen and oxygen atoms in total. The minimum Gasteiger partial charge on any atom is -0.497 e. The van der Waals surface area contributed by atoms with Crippen LogP contribution in [0.1, 0.15) is 5.56 Å². The van der Waals surface area contributed by atoms with Crippen LogP contribution in [0.25, 0.3) is 33.4 Å². The highest BCUT2D eigenvalue weighted by Gasteiger charge is 2.18. The maximum absolute atomic E-state index is 9.58. The fourth-order valence-corrected chi connectivity index (χ4v) is 5.79. The smallest absolute Gasteiger partial charge is 0.151 e. The first-order valence-corrected chi connectivity index (χ1v) is 13.3. The van der Waals surface area contributed by atoms with Gasteiger partial charge in [-0.2, -0.15) is 5.26 Å². The predicted molar refractivity (Wildman–Crippen MR) is 153 cm³/mol. The number of ether oxygens (including phenoxy) is 2. The molecule has 0 atom stereocenters. The number of hydrogen-bond acceptors (Lipinski definition) is 6. The van der Waals surface area contributed by atoms with Crippen LogP contribution in [-0.4, -0.2) is 42.4 Å². The molecule has 0 spiro atoms. The second-order valence-corrected chi connectivity index (χ2v) is 10.1. The largest absolute Gasteiger partial charge is 0.497 e. The molecule has 0 radical (unpaired) electrons. The van der Waals surface area contributed by atoms with Crippen LogP contribution in [0.3, 0.4) is 0 Å². The highest BCUT2D eigenvalue weighted by atomic mass is 32.2. The average Bonchev–Trinajstić information content (AvgIpc) is 3.36. The van der Waals surface area contributed by atoms with Gasteiger partial charge in [0.05, 0.1) is 37.7 Å². The van der Waals surface area contributed by atoms with Crippen molar-refractivity contribution >= 4 is 28.7 Å². The topological polar surface area (TPSA) is 63.3 Å². The molecule has 0 N–H and O–H groups in total. The van der Waals surface area contributed by atoms with Crippen molar-refractivity contribution in [3.05, 3.63) is 96.7 Å². The van der Waals surface area contributed by atoms with Crippen LogP contribution in [0.4, 0.5) is 5.69 Å². The molecule has 1 saturated heterocycles. The standard InChI is InChI=1S/C31H26N4O2S/c1-36-26-18-22(21-32)17-24(19-26)28-11-12-33-31-29(28)20-30(35(31)38-27-5-3-2-4-6-27)23-7-9-25(10-8-23)34-13-15-37-16-14-34/h2-12,17-20H,13-16H2,1H3. The Kier molecular flexibility index (Phi) is 6.74. The Bertz CT molecular complexity index is 1620. The zero-order valence-electron chi connectivity index (χ0n) is 21.0. The number of morpholine rings is 1. The van der Waals surface area contributed by atoms with Gasteiger partial charge in [0.2, 0.25) is 0 Å². The first-order chi connectivity index (χ1) is 18.7. The maximum atomic E-state index is 9.58. The van der Waals surface area contributed by atoms with E-state index in [1.807, 2.05) is 42.6 Å². The molecule has 3 heterocycles. The number of fused-ring (bicyclic) bond motifs is 1. The molecule has 0 amide bonds. The van der Waals surface area contributed by atoms with Gasteiger partial charge in [-0.1, -0.05) is 30.3 Å². The molecular formula is C31H26N4O2S. The number of pyridine rings is 1. The maximum Gasteiger partial charge on any atom is 0.151 e. The summed E-state index contributed by atoms with van der Waals surface area (Å²) >= 11 is 1.65. The Morgan fingerprint density at radius 3 is 2.45 bits per heavy atom.